The third-order valence-electron chi connectivity index (χ3n) is 5.94. The number of hydrogen-bond donors (Lipinski definition) is 3. The molecule has 7 nitrogen and oxygen atoms in total. The Labute approximate surface area is 189 Å². The molecule has 0 aromatic heterocycles. The van der Waals surface area contributed by atoms with Crippen molar-refractivity contribution in [2.24, 2.45) is 11.7 Å². The maximum Gasteiger partial charge on any atom is 0.315 e. The number of nitrogens with one attached hydrogen (secondary N) is 2. The molecule has 0 atom stereocenters. The predicted octanol–water partition coefficient (Wildman–Crippen LogP) is 3.31. The van der Waals surface area contributed by atoms with Crippen LogP contribution in [0.4, 0.5) is 4.79 Å². The van der Waals surface area contributed by atoms with Crippen LogP contribution < -0.4 is 16.4 Å². The number of amides is 4. The fourth-order valence-electron chi connectivity index (χ4n) is 3.98. The van der Waals surface area contributed by atoms with E-state index in [-0.39, 0.29) is 11.9 Å². The molecule has 1 heterocycles. The zero-order chi connectivity index (χ0) is 22.8. The molecule has 2 aromatic carbocycles. The van der Waals surface area contributed by atoms with E-state index < -0.39 is 5.91 Å². The van der Waals surface area contributed by atoms with Gasteiger partial charge in [-0.3, -0.25) is 9.59 Å². The van der Waals surface area contributed by atoms with Crippen LogP contribution in [-0.2, 0) is 6.54 Å². The molecule has 1 saturated heterocycles. The van der Waals surface area contributed by atoms with Gasteiger partial charge in [0.2, 0.25) is 5.91 Å². The minimum absolute atomic E-state index is 0.128. The molecular formula is C25H32N4O3. The molecule has 2 aromatic rings. The normalized spacial score (nSPS) is 14.1. The van der Waals surface area contributed by atoms with Gasteiger partial charge in [-0.2, -0.15) is 0 Å². The first-order chi connectivity index (χ1) is 15.5. The van der Waals surface area contributed by atoms with Crippen LogP contribution >= 0.6 is 0 Å². The van der Waals surface area contributed by atoms with Gasteiger partial charge in [-0.05, 0) is 55.0 Å². The number of urea groups is 1. The molecule has 32 heavy (non-hydrogen) atoms. The molecule has 1 fully saturated rings. The summed E-state index contributed by atoms with van der Waals surface area (Å²) < 4.78 is 0. The maximum atomic E-state index is 12.5. The number of carbonyl (C=O) groups is 3. The number of hydrogen-bond acceptors (Lipinski definition) is 3. The van der Waals surface area contributed by atoms with Gasteiger partial charge in [-0.25, -0.2) is 4.79 Å². The van der Waals surface area contributed by atoms with Crippen LogP contribution in [0.5, 0.6) is 0 Å². The van der Waals surface area contributed by atoms with E-state index in [1.807, 2.05) is 35.2 Å². The Hall–Kier alpha value is -3.35. The molecule has 1 aliphatic heterocycles. The van der Waals surface area contributed by atoms with Crippen molar-refractivity contribution in [1.82, 2.24) is 15.5 Å². The highest BCUT2D eigenvalue weighted by Gasteiger charge is 2.23. The number of nitrogens with zero attached hydrogens (tertiary/aromatic N) is 1. The maximum absolute atomic E-state index is 12.5. The van der Waals surface area contributed by atoms with Crippen molar-refractivity contribution < 1.29 is 14.4 Å². The first kappa shape index (κ1) is 23.3. The van der Waals surface area contributed by atoms with E-state index in [9.17, 15) is 14.4 Å². The van der Waals surface area contributed by atoms with Crippen molar-refractivity contribution in [2.45, 2.75) is 38.6 Å². The molecule has 4 N–H and O–H groups in total. The Morgan fingerprint density at radius 3 is 2.22 bits per heavy atom. The second kappa shape index (κ2) is 11.9. The highest BCUT2D eigenvalue weighted by molar-refractivity contribution is 5.94. The number of rotatable bonds is 9. The molecule has 0 bridgehead atoms. The van der Waals surface area contributed by atoms with E-state index in [1.54, 1.807) is 24.3 Å². The fourth-order valence-corrected chi connectivity index (χ4v) is 3.98. The van der Waals surface area contributed by atoms with Gasteiger partial charge >= 0.3 is 6.03 Å². The number of unbranched alkanes of at least 4 members (excludes halogenated alkanes) is 1. The summed E-state index contributed by atoms with van der Waals surface area (Å²) in [5.74, 6) is 0.309. The van der Waals surface area contributed by atoms with Gasteiger partial charge in [0.25, 0.3) is 5.91 Å². The second-order valence-corrected chi connectivity index (χ2v) is 8.27. The lowest BCUT2D eigenvalue weighted by Crippen LogP contribution is -2.38. The summed E-state index contributed by atoms with van der Waals surface area (Å²) in [6, 6.07) is 16.1. The predicted molar refractivity (Wildman–Crippen MR) is 124 cm³/mol. The molecule has 0 radical (unpaired) electrons. The van der Waals surface area contributed by atoms with Crippen molar-refractivity contribution in [2.75, 3.05) is 19.6 Å². The smallest absolute Gasteiger partial charge is 0.315 e. The Morgan fingerprint density at radius 2 is 1.56 bits per heavy atom. The second-order valence-electron chi connectivity index (χ2n) is 8.27. The molecule has 0 spiro atoms. The Bertz CT molecular complexity index is 891. The van der Waals surface area contributed by atoms with Crippen molar-refractivity contribution in [3.05, 3.63) is 71.3 Å². The van der Waals surface area contributed by atoms with E-state index in [0.717, 1.165) is 56.3 Å². The van der Waals surface area contributed by atoms with E-state index in [2.05, 4.69) is 10.6 Å². The van der Waals surface area contributed by atoms with Gasteiger partial charge in [0.1, 0.15) is 0 Å². The Kier molecular flexibility index (Phi) is 8.66. The Morgan fingerprint density at radius 1 is 0.875 bits per heavy atom. The SMILES string of the molecule is NC(=O)c1ccc(CNC(=O)NCCCCC2CCN(C(=O)c3ccccc3)CC2)cc1. The monoisotopic (exact) mass is 436 g/mol. The molecule has 0 aliphatic carbocycles. The topological polar surface area (TPSA) is 105 Å². The van der Waals surface area contributed by atoms with Gasteiger partial charge in [0.15, 0.2) is 0 Å². The summed E-state index contributed by atoms with van der Waals surface area (Å²) in [5, 5.41) is 5.70. The van der Waals surface area contributed by atoms with Crippen LogP contribution in [0.25, 0.3) is 0 Å². The van der Waals surface area contributed by atoms with Gasteiger partial charge in [-0.15, -0.1) is 0 Å². The molecular weight excluding hydrogens is 404 g/mol. The molecule has 4 amide bonds. The molecule has 3 rings (SSSR count). The number of likely N-dealkylation sites (tertiary alicyclic amines) is 1. The molecule has 0 saturated carbocycles. The van der Waals surface area contributed by atoms with Gasteiger partial charge < -0.3 is 21.3 Å². The first-order valence-corrected chi connectivity index (χ1v) is 11.3. The quantitative estimate of drug-likeness (QED) is 0.525. The minimum Gasteiger partial charge on any atom is -0.366 e. The fraction of sp³-hybridized carbons (Fsp3) is 0.400. The summed E-state index contributed by atoms with van der Waals surface area (Å²) in [6.45, 7) is 2.67. The average Bonchev–Trinajstić information content (AvgIpc) is 2.83. The van der Waals surface area contributed by atoms with Crippen LogP contribution in [0.1, 0.15) is 58.4 Å². The lowest BCUT2D eigenvalue weighted by Gasteiger charge is -2.32. The number of piperidine rings is 1. The Balaban J connectivity index is 1.24. The van der Waals surface area contributed by atoms with E-state index in [4.69, 9.17) is 5.73 Å². The highest BCUT2D eigenvalue weighted by atomic mass is 16.2. The van der Waals surface area contributed by atoms with Gasteiger partial charge in [-0.1, -0.05) is 43.2 Å². The van der Waals surface area contributed by atoms with Gasteiger partial charge in [0, 0.05) is 37.3 Å². The van der Waals surface area contributed by atoms with Crippen molar-refractivity contribution in [3.8, 4) is 0 Å². The number of primary amides is 1. The molecule has 0 unspecified atom stereocenters. The summed E-state index contributed by atoms with van der Waals surface area (Å²) in [6.07, 6.45) is 5.21. The third kappa shape index (κ3) is 7.11. The van der Waals surface area contributed by atoms with E-state index in [0.29, 0.717) is 24.6 Å². The zero-order valence-corrected chi connectivity index (χ0v) is 18.4. The number of carbonyl (C=O) groups excluding carboxylic acids is 3. The standard InChI is InChI=1S/C25H32N4O3/c26-23(30)21-11-9-20(10-12-21)18-28-25(32)27-15-5-4-6-19-13-16-29(17-14-19)24(31)22-7-2-1-3-8-22/h1-3,7-12,19H,4-6,13-18H2,(H2,26,30)(H2,27,28,32). The van der Waals surface area contributed by atoms with Gasteiger partial charge in [0.05, 0.1) is 0 Å². The summed E-state index contributed by atoms with van der Waals surface area (Å²) in [7, 11) is 0. The molecule has 7 heteroatoms. The molecule has 170 valence electrons. The zero-order valence-electron chi connectivity index (χ0n) is 18.4. The lowest BCUT2D eigenvalue weighted by molar-refractivity contribution is 0.0685. The summed E-state index contributed by atoms with van der Waals surface area (Å²) >= 11 is 0. The first-order valence-electron chi connectivity index (χ1n) is 11.3. The van der Waals surface area contributed by atoms with Crippen LogP contribution in [0.15, 0.2) is 54.6 Å². The van der Waals surface area contributed by atoms with Crippen molar-refractivity contribution in [3.63, 3.8) is 0 Å². The van der Waals surface area contributed by atoms with Crippen LogP contribution in [-0.4, -0.2) is 42.4 Å². The lowest BCUT2D eigenvalue weighted by atomic mass is 9.91. The summed E-state index contributed by atoms with van der Waals surface area (Å²) in [4.78, 5) is 37.5. The van der Waals surface area contributed by atoms with E-state index in [1.165, 1.54) is 0 Å². The average molecular weight is 437 g/mol. The van der Waals surface area contributed by atoms with E-state index >= 15 is 0 Å². The number of benzene rings is 2. The largest absolute Gasteiger partial charge is 0.366 e. The van der Waals surface area contributed by atoms with Crippen LogP contribution in [0.3, 0.4) is 0 Å². The van der Waals surface area contributed by atoms with Crippen molar-refractivity contribution >= 4 is 17.8 Å². The number of nitrogens with two attached hydrogens (primary N) is 1. The third-order valence-corrected chi connectivity index (χ3v) is 5.94. The van der Waals surface area contributed by atoms with Crippen molar-refractivity contribution in [1.29, 1.82) is 0 Å². The summed E-state index contributed by atoms with van der Waals surface area (Å²) in [5.41, 5.74) is 7.34. The minimum atomic E-state index is -0.464. The highest BCUT2D eigenvalue weighted by Crippen LogP contribution is 2.23. The van der Waals surface area contributed by atoms with Crippen LogP contribution in [0, 0.1) is 5.92 Å². The molecule has 1 aliphatic rings. The van der Waals surface area contributed by atoms with Crippen LogP contribution in [0.2, 0.25) is 0 Å².